The first-order valence-corrected chi connectivity index (χ1v) is 5.49. The van der Waals surface area contributed by atoms with Gasteiger partial charge in [-0.05, 0) is 25.6 Å². The van der Waals surface area contributed by atoms with Gasteiger partial charge in [-0.25, -0.2) is 0 Å². The molecule has 1 atom stereocenters. The highest BCUT2D eigenvalue weighted by Gasteiger charge is 2.08. The standard InChI is InChI=1S/C14H16N2/c1-3-6-13(15-2)14-10-9-11-7-4-5-8-12(11)16-14/h3-5,7-10,13,15H,1,6H2,2H3. The van der Waals surface area contributed by atoms with Gasteiger partial charge in [-0.1, -0.05) is 30.3 Å². The Morgan fingerprint density at radius 2 is 2.12 bits per heavy atom. The molecule has 0 saturated heterocycles. The van der Waals surface area contributed by atoms with Crippen molar-refractivity contribution in [1.29, 1.82) is 0 Å². The molecule has 0 aliphatic rings. The molecule has 82 valence electrons. The van der Waals surface area contributed by atoms with Crippen molar-refractivity contribution in [2.24, 2.45) is 0 Å². The van der Waals surface area contributed by atoms with Crippen LogP contribution in [0.3, 0.4) is 0 Å². The number of nitrogens with one attached hydrogen (secondary N) is 1. The Morgan fingerprint density at radius 3 is 2.88 bits per heavy atom. The first-order chi connectivity index (χ1) is 7.85. The largest absolute Gasteiger partial charge is 0.311 e. The second-order valence-corrected chi connectivity index (χ2v) is 3.79. The Morgan fingerprint density at radius 1 is 1.31 bits per heavy atom. The lowest BCUT2D eigenvalue weighted by molar-refractivity contribution is 0.589. The van der Waals surface area contributed by atoms with Gasteiger partial charge in [-0.2, -0.15) is 0 Å². The summed E-state index contributed by atoms with van der Waals surface area (Å²) in [5.74, 6) is 0. The third kappa shape index (κ3) is 2.12. The van der Waals surface area contributed by atoms with Gasteiger partial charge in [0.25, 0.3) is 0 Å². The van der Waals surface area contributed by atoms with E-state index in [2.05, 4.69) is 35.1 Å². The quantitative estimate of drug-likeness (QED) is 0.788. The number of hydrogen-bond acceptors (Lipinski definition) is 2. The van der Waals surface area contributed by atoms with Crippen molar-refractivity contribution < 1.29 is 0 Å². The molecule has 16 heavy (non-hydrogen) atoms. The minimum Gasteiger partial charge on any atom is -0.311 e. The lowest BCUT2D eigenvalue weighted by Gasteiger charge is -2.13. The predicted molar refractivity (Wildman–Crippen MR) is 68.4 cm³/mol. The second-order valence-electron chi connectivity index (χ2n) is 3.79. The molecular weight excluding hydrogens is 196 g/mol. The van der Waals surface area contributed by atoms with Crippen molar-refractivity contribution in [1.82, 2.24) is 10.3 Å². The van der Waals surface area contributed by atoms with E-state index < -0.39 is 0 Å². The summed E-state index contributed by atoms with van der Waals surface area (Å²) < 4.78 is 0. The second kappa shape index (κ2) is 4.90. The van der Waals surface area contributed by atoms with Crippen molar-refractivity contribution in [3.63, 3.8) is 0 Å². The van der Waals surface area contributed by atoms with Gasteiger partial charge in [0.15, 0.2) is 0 Å². The molecular formula is C14H16N2. The third-order valence-corrected chi connectivity index (χ3v) is 2.73. The van der Waals surface area contributed by atoms with Crippen LogP contribution in [0.15, 0.2) is 49.1 Å². The van der Waals surface area contributed by atoms with Crippen LogP contribution in [0.1, 0.15) is 18.2 Å². The van der Waals surface area contributed by atoms with E-state index in [9.17, 15) is 0 Å². The van der Waals surface area contributed by atoms with E-state index in [4.69, 9.17) is 0 Å². The van der Waals surface area contributed by atoms with Crippen LogP contribution >= 0.6 is 0 Å². The lowest BCUT2D eigenvalue weighted by Crippen LogP contribution is -2.16. The van der Waals surface area contributed by atoms with Crippen LogP contribution in [0.2, 0.25) is 0 Å². The van der Waals surface area contributed by atoms with E-state index in [0.717, 1.165) is 17.6 Å². The predicted octanol–water partition coefficient (Wildman–Crippen LogP) is 3.07. The molecule has 1 aromatic heterocycles. The number of aromatic nitrogens is 1. The molecule has 0 saturated carbocycles. The molecule has 2 aromatic rings. The highest BCUT2D eigenvalue weighted by Crippen LogP contribution is 2.18. The van der Waals surface area contributed by atoms with Gasteiger partial charge >= 0.3 is 0 Å². The smallest absolute Gasteiger partial charge is 0.0706 e. The molecule has 1 N–H and O–H groups in total. The van der Waals surface area contributed by atoms with Crippen LogP contribution in [0, 0.1) is 0 Å². The van der Waals surface area contributed by atoms with E-state index in [-0.39, 0.29) is 6.04 Å². The van der Waals surface area contributed by atoms with Crippen LogP contribution < -0.4 is 5.32 Å². The van der Waals surface area contributed by atoms with Gasteiger partial charge in [-0.15, -0.1) is 6.58 Å². The fourth-order valence-corrected chi connectivity index (χ4v) is 1.83. The Bertz CT molecular complexity index is 491. The van der Waals surface area contributed by atoms with Gasteiger partial charge in [0.05, 0.1) is 17.3 Å². The highest BCUT2D eigenvalue weighted by atomic mass is 14.9. The van der Waals surface area contributed by atoms with E-state index in [0.29, 0.717) is 0 Å². The van der Waals surface area contributed by atoms with E-state index in [1.165, 1.54) is 5.39 Å². The molecule has 0 radical (unpaired) electrons. The lowest BCUT2D eigenvalue weighted by atomic mass is 10.1. The Kier molecular flexibility index (Phi) is 3.32. The maximum absolute atomic E-state index is 4.65. The van der Waals surface area contributed by atoms with Crippen LogP contribution in [0.4, 0.5) is 0 Å². The van der Waals surface area contributed by atoms with E-state index >= 15 is 0 Å². The number of benzene rings is 1. The molecule has 1 aromatic carbocycles. The molecule has 0 fully saturated rings. The van der Waals surface area contributed by atoms with Gasteiger partial charge in [0.2, 0.25) is 0 Å². The first kappa shape index (κ1) is 10.8. The normalized spacial score (nSPS) is 12.6. The van der Waals surface area contributed by atoms with Crippen molar-refractivity contribution in [3.05, 3.63) is 54.7 Å². The molecule has 0 amide bonds. The monoisotopic (exact) mass is 212 g/mol. The number of para-hydroxylation sites is 1. The Hall–Kier alpha value is -1.67. The fraction of sp³-hybridized carbons (Fsp3) is 0.214. The summed E-state index contributed by atoms with van der Waals surface area (Å²) in [4.78, 5) is 4.65. The average molecular weight is 212 g/mol. The van der Waals surface area contributed by atoms with Crippen molar-refractivity contribution >= 4 is 10.9 Å². The average Bonchev–Trinajstić information content (AvgIpc) is 2.35. The number of fused-ring (bicyclic) bond motifs is 1. The van der Waals surface area contributed by atoms with Crippen LogP contribution in [0.25, 0.3) is 10.9 Å². The molecule has 0 spiro atoms. The molecule has 2 nitrogen and oxygen atoms in total. The van der Waals surface area contributed by atoms with Gasteiger partial charge in [0, 0.05) is 5.39 Å². The summed E-state index contributed by atoms with van der Waals surface area (Å²) in [6, 6.07) is 12.6. The van der Waals surface area contributed by atoms with Crippen LogP contribution in [-0.4, -0.2) is 12.0 Å². The molecule has 1 unspecified atom stereocenters. The summed E-state index contributed by atoms with van der Waals surface area (Å²) in [5, 5.41) is 4.43. The Labute approximate surface area is 96.0 Å². The molecule has 0 aliphatic heterocycles. The molecule has 0 bridgehead atoms. The summed E-state index contributed by atoms with van der Waals surface area (Å²) in [6.07, 6.45) is 2.81. The zero-order valence-corrected chi connectivity index (χ0v) is 9.48. The molecule has 1 heterocycles. The zero-order chi connectivity index (χ0) is 11.4. The SMILES string of the molecule is C=CCC(NC)c1ccc2ccccc2n1. The maximum atomic E-state index is 4.65. The fourth-order valence-electron chi connectivity index (χ4n) is 1.83. The van der Waals surface area contributed by atoms with Gasteiger partial charge in [0.1, 0.15) is 0 Å². The van der Waals surface area contributed by atoms with Crippen LogP contribution in [-0.2, 0) is 0 Å². The van der Waals surface area contributed by atoms with Gasteiger partial charge in [-0.3, -0.25) is 4.98 Å². The van der Waals surface area contributed by atoms with Crippen molar-refractivity contribution in [2.45, 2.75) is 12.5 Å². The summed E-state index contributed by atoms with van der Waals surface area (Å²) in [6.45, 7) is 3.77. The number of nitrogens with zero attached hydrogens (tertiary/aromatic N) is 1. The highest BCUT2D eigenvalue weighted by molar-refractivity contribution is 5.78. The number of rotatable bonds is 4. The summed E-state index contributed by atoms with van der Waals surface area (Å²) >= 11 is 0. The zero-order valence-electron chi connectivity index (χ0n) is 9.48. The van der Waals surface area contributed by atoms with Crippen molar-refractivity contribution in [2.75, 3.05) is 7.05 Å². The molecule has 2 rings (SSSR count). The summed E-state index contributed by atoms with van der Waals surface area (Å²) in [7, 11) is 1.95. The number of hydrogen-bond donors (Lipinski definition) is 1. The van der Waals surface area contributed by atoms with Crippen LogP contribution in [0.5, 0.6) is 0 Å². The minimum atomic E-state index is 0.252. The topological polar surface area (TPSA) is 24.9 Å². The maximum Gasteiger partial charge on any atom is 0.0706 e. The third-order valence-electron chi connectivity index (χ3n) is 2.73. The minimum absolute atomic E-state index is 0.252. The van der Waals surface area contributed by atoms with E-state index in [1.807, 2.05) is 31.3 Å². The number of pyridine rings is 1. The van der Waals surface area contributed by atoms with Gasteiger partial charge < -0.3 is 5.32 Å². The summed E-state index contributed by atoms with van der Waals surface area (Å²) in [5.41, 5.74) is 2.12. The molecule has 0 aliphatic carbocycles. The van der Waals surface area contributed by atoms with Crippen molar-refractivity contribution in [3.8, 4) is 0 Å². The van der Waals surface area contributed by atoms with E-state index in [1.54, 1.807) is 0 Å². The molecule has 2 heteroatoms. The Balaban J connectivity index is 2.41. The first-order valence-electron chi connectivity index (χ1n) is 5.49.